The first-order valence-electron chi connectivity index (χ1n) is 5.26. The molecule has 0 spiro atoms. The lowest BCUT2D eigenvalue weighted by atomic mass is 9.98. The summed E-state index contributed by atoms with van der Waals surface area (Å²) in [6.07, 6.45) is 8.92. The molecule has 3 heteroatoms. The van der Waals surface area contributed by atoms with Crippen molar-refractivity contribution in [3.05, 3.63) is 18.0 Å². The Labute approximate surface area is 84.1 Å². The van der Waals surface area contributed by atoms with Crippen molar-refractivity contribution in [3.63, 3.8) is 0 Å². The first kappa shape index (κ1) is 9.44. The standard InChI is InChI=1S/C11H16N2O/c1-13-8-9(7-12-13)6-11(14)10-4-2-3-5-10/h7-8,10H,2-6H2,1H3. The van der Waals surface area contributed by atoms with Crippen molar-refractivity contribution < 1.29 is 4.79 Å². The topological polar surface area (TPSA) is 34.9 Å². The molecule has 1 fully saturated rings. The minimum absolute atomic E-state index is 0.329. The monoisotopic (exact) mass is 192 g/mol. The lowest BCUT2D eigenvalue weighted by molar-refractivity contribution is -0.122. The molecule has 3 nitrogen and oxygen atoms in total. The van der Waals surface area contributed by atoms with E-state index >= 15 is 0 Å². The summed E-state index contributed by atoms with van der Waals surface area (Å²) >= 11 is 0. The molecule has 0 unspecified atom stereocenters. The number of hydrogen-bond acceptors (Lipinski definition) is 2. The van der Waals surface area contributed by atoms with Gasteiger partial charge in [-0.3, -0.25) is 9.48 Å². The highest BCUT2D eigenvalue weighted by Gasteiger charge is 2.22. The summed E-state index contributed by atoms with van der Waals surface area (Å²) in [7, 11) is 1.88. The van der Waals surface area contributed by atoms with E-state index in [2.05, 4.69) is 5.10 Å². The molecule has 0 amide bonds. The Morgan fingerprint density at radius 1 is 1.57 bits per heavy atom. The highest BCUT2D eigenvalue weighted by Crippen LogP contribution is 2.26. The average Bonchev–Trinajstić information content (AvgIpc) is 2.75. The normalized spacial score (nSPS) is 17.5. The minimum Gasteiger partial charge on any atom is -0.299 e. The Bertz CT molecular complexity index is 324. The molecule has 0 aliphatic heterocycles. The molecule has 1 aliphatic carbocycles. The van der Waals surface area contributed by atoms with Crippen molar-refractivity contribution in [3.8, 4) is 0 Å². The van der Waals surface area contributed by atoms with Crippen molar-refractivity contribution in [1.29, 1.82) is 0 Å². The summed E-state index contributed by atoms with van der Waals surface area (Å²) in [6.45, 7) is 0. The third kappa shape index (κ3) is 2.03. The summed E-state index contributed by atoms with van der Waals surface area (Å²) in [4.78, 5) is 11.8. The Balaban J connectivity index is 1.93. The van der Waals surface area contributed by atoms with Gasteiger partial charge in [0.1, 0.15) is 5.78 Å². The van der Waals surface area contributed by atoms with Crippen molar-refractivity contribution in [2.75, 3.05) is 0 Å². The fourth-order valence-electron chi connectivity index (χ4n) is 2.16. The third-order valence-corrected chi connectivity index (χ3v) is 2.95. The second-order valence-electron chi connectivity index (χ2n) is 4.15. The van der Waals surface area contributed by atoms with Crippen LogP contribution in [0.25, 0.3) is 0 Å². The van der Waals surface area contributed by atoms with Gasteiger partial charge in [0.05, 0.1) is 6.20 Å². The van der Waals surface area contributed by atoms with Crippen molar-refractivity contribution in [2.45, 2.75) is 32.1 Å². The van der Waals surface area contributed by atoms with E-state index in [4.69, 9.17) is 0 Å². The Morgan fingerprint density at radius 2 is 2.29 bits per heavy atom. The molecule has 0 radical (unpaired) electrons. The average molecular weight is 192 g/mol. The second kappa shape index (κ2) is 3.95. The van der Waals surface area contributed by atoms with Crippen LogP contribution in [0.5, 0.6) is 0 Å². The predicted octanol–water partition coefficient (Wildman–Crippen LogP) is 1.72. The molecule has 0 atom stereocenters. The molecule has 0 saturated heterocycles. The van der Waals surface area contributed by atoms with Crippen molar-refractivity contribution in [1.82, 2.24) is 9.78 Å². The van der Waals surface area contributed by atoms with Gasteiger partial charge in [-0.1, -0.05) is 12.8 Å². The van der Waals surface area contributed by atoms with Crippen LogP contribution >= 0.6 is 0 Å². The molecule has 0 aromatic carbocycles. The van der Waals surface area contributed by atoms with E-state index in [0.29, 0.717) is 18.1 Å². The maximum absolute atomic E-state index is 11.8. The molecule has 0 bridgehead atoms. The summed E-state index contributed by atoms with van der Waals surface area (Å²) in [6, 6.07) is 0. The van der Waals surface area contributed by atoms with E-state index in [1.54, 1.807) is 10.9 Å². The zero-order valence-electron chi connectivity index (χ0n) is 8.57. The lowest BCUT2D eigenvalue weighted by Gasteiger charge is -2.05. The molecular formula is C11H16N2O. The quantitative estimate of drug-likeness (QED) is 0.731. The number of hydrogen-bond donors (Lipinski definition) is 0. The molecule has 1 saturated carbocycles. The van der Waals surface area contributed by atoms with Crippen molar-refractivity contribution >= 4 is 5.78 Å². The van der Waals surface area contributed by atoms with Crippen LogP contribution in [0.4, 0.5) is 0 Å². The van der Waals surface area contributed by atoms with Crippen molar-refractivity contribution in [2.24, 2.45) is 13.0 Å². The first-order valence-corrected chi connectivity index (χ1v) is 5.26. The number of aromatic nitrogens is 2. The number of carbonyl (C=O) groups excluding carboxylic acids is 1. The van der Waals surface area contributed by atoms with Crippen LogP contribution < -0.4 is 0 Å². The van der Waals surface area contributed by atoms with Gasteiger partial charge in [-0.05, 0) is 18.4 Å². The van der Waals surface area contributed by atoms with Gasteiger partial charge < -0.3 is 0 Å². The van der Waals surface area contributed by atoms with Gasteiger partial charge in [-0.15, -0.1) is 0 Å². The third-order valence-electron chi connectivity index (χ3n) is 2.95. The number of aryl methyl sites for hydroxylation is 1. The fourth-order valence-corrected chi connectivity index (χ4v) is 2.16. The van der Waals surface area contributed by atoms with E-state index in [1.165, 1.54) is 12.8 Å². The van der Waals surface area contributed by atoms with Gasteiger partial charge in [0.2, 0.25) is 0 Å². The Kier molecular flexibility index (Phi) is 2.66. The van der Waals surface area contributed by atoms with Crippen LogP contribution in [0.3, 0.4) is 0 Å². The maximum atomic E-state index is 11.8. The van der Waals surface area contributed by atoms with Crippen LogP contribution in [0.15, 0.2) is 12.4 Å². The summed E-state index contributed by atoms with van der Waals surface area (Å²) in [5.41, 5.74) is 1.05. The van der Waals surface area contributed by atoms with Gasteiger partial charge in [-0.2, -0.15) is 5.10 Å². The van der Waals surface area contributed by atoms with Gasteiger partial charge in [-0.25, -0.2) is 0 Å². The van der Waals surface area contributed by atoms with Gasteiger partial charge in [0.25, 0.3) is 0 Å². The second-order valence-corrected chi connectivity index (χ2v) is 4.15. The molecule has 14 heavy (non-hydrogen) atoms. The predicted molar refractivity (Wildman–Crippen MR) is 53.9 cm³/mol. The molecular weight excluding hydrogens is 176 g/mol. The lowest BCUT2D eigenvalue weighted by Crippen LogP contribution is -2.12. The van der Waals surface area contributed by atoms with Crippen LogP contribution in [0.1, 0.15) is 31.2 Å². The van der Waals surface area contributed by atoms with Crippen LogP contribution in [-0.2, 0) is 18.3 Å². The van der Waals surface area contributed by atoms with Crippen LogP contribution in [-0.4, -0.2) is 15.6 Å². The van der Waals surface area contributed by atoms with Gasteiger partial charge >= 0.3 is 0 Å². The zero-order valence-corrected chi connectivity index (χ0v) is 8.57. The molecule has 2 rings (SSSR count). The maximum Gasteiger partial charge on any atom is 0.140 e. The smallest absolute Gasteiger partial charge is 0.140 e. The van der Waals surface area contributed by atoms with Gasteiger partial charge in [0.15, 0.2) is 0 Å². The molecule has 1 heterocycles. The largest absolute Gasteiger partial charge is 0.299 e. The van der Waals surface area contributed by atoms with E-state index in [9.17, 15) is 4.79 Å². The van der Waals surface area contributed by atoms with E-state index in [-0.39, 0.29) is 0 Å². The Hall–Kier alpha value is -1.12. The SMILES string of the molecule is Cn1cc(CC(=O)C2CCCC2)cn1. The highest BCUT2D eigenvalue weighted by molar-refractivity contribution is 5.83. The number of nitrogens with zero attached hydrogens (tertiary/aromatic N) is 2. The molecule has 1 aliphatic rings. The van der Waals surface area contributed by atoms with E-state index < -0.39 is 0 Å². The minimum atomic E-state index is 0.329. The number of carbonyl (C=O) groups is 1. The number of Topliss-reactive ketones (excluding diaryl/α,β-unsaturated/α-hetero) is 1. The first-order chi connectivity index (χ1) is 6.75. The van der Waals surface area contributed by atoms with E-state index in [0.717, 1.165) is 18.4 Å². The molecule has 1 aromatic rings. The van der Waals surface area contributed by atoms with E-state index in [1.807, 2.05) is 13.2 Å². The fraction of sp³-hybridized carbons (Fsp3) is 0.636. The van der Waals surface area contributed by atoms with Crippen LogP contribution in [0.2, 0.25) is 0 Å². The summed E-state index contributed by atoms with van der Waals surface area (Å²) < 4.78 is 1.75. The Morgan fingerprint density at radius 3 is 2.86 bits per heavy atom. The zero-order chi connectivity index (χ0) is 9.97. The molecule has 76 valence electrons. The summed E-state index contributed by atoms with van der Waals surface area (Å²) in [5, 5.41) is 4.06. The van der Waals surface area contributed by atoms with Crippen LogP contribution in [0, 0.1) is 5.92 Å². The van der Waals surface area contributed by atoms with Gasteiger partial charge in [0, 0.05) is 25.6 Å². The number of ketones is 1. The molecule has 1 aromatic heterocycles. The number of rotatable bonds is 3. The summed E-state index contributed by atoms with van der Waals surface area (Å²) in [5.74, 6) is 0.728. The highest BCUT2D eigenvalue weighted by atomic mass is 16.1. The molecule has 0 N–H and O–H groups in total.